The number of carbonyl (C=O) groups excluding carboxylic acids is 4. The van der Waals surface area contributed by atoms with Gasteiger partial charge in [-0.1, -0.05) is 77.3 Å². The fourth-order valence-corrected chi connectivity index (χ4v) is 6.09. The van der Waals surface area contributed by atoms with Gasteiger partial charge in [0.25, 0.3) is 0 Å². The SMILES string of the molecule is Cc1ccc([C@H]2[C@H]3C(=O)OC(=O)[C@H]3C3(C(=O)c4ccccc4C3=O)N2c2ccc(Cl)c(Cl)c2)cc1. The van der Waals surface area contributed by atoms with E-state index in [-0.39, 0.29) is 16.1 Å². The van der Waals surface area contributed by atoms with Gasteiger partial charge < -0.3 is 9.64 Å². The van der Waals surface area contributed by atoms with Gasteiger partial charge in [0.15, 0.2) is 17.1 Å². The summed E-state index contributed by atoms with van der Waals surface area (Å²) in [5.41, 5.74) is 0.469. The van der Waals surface area contributed by atoms with Crippen LogP contribution in [0.15, 0.2) is 66.7 Å². The summed E-state index contributed by atoms with van der Waals surface area (Å²) in [7, 11) is 0. The van der Waals surface area contributed by atoms with Gasteiger partial charge in [0.2, 0.25) is 0 Å². The number of benzene rings is 3. The number of anilines is 1. The molecular formula is C27H17Cl2NO5. The summed E-state index contributed by atoms with van der Waals surface area (Å²) >= 11 is 12.5. The predicted octanol–water partition coefficient (Wildman–Crippen LogP) is 5.00. The van der Waals surface area contributed by atoms with Crippen LogP contribution in [0.3, 0.4) is 0 Å². The van der Waals surface area contributed by atoms with Crippen LogP contribution in [0.5, 0.6) is 0 Å². The molecule has 2 heterocycles. The first kappa shape index (κ1) is 22.0. The maximum absolute atomic E-state index is 14.2. The minimum absolute atomic E-state index is 0.206. The molecule has 0 bridgehead atoms. The highest BCUT2D eigenvalue weighted by atomic mass is 35.5. The van der Waals surface area contributed by atoms with Crippen LogP contribution in [0.2, 0.25) is 10.0 Å². The molecule has 2 aliphatic heterocycles. The van der Waals surface area contributed by atoms with Gasteiger partial charge in [0.1, 0.15) is 5.92 Å². The van der Waals surface area contributed by atoms with E-state index in [1.807, 2.05) is 31.2 Å². The topological polar surface area (TPSA) is 80.8 Å². The standard InChI is InChI=1S/C27H17Cl2NO5/c1-13-6-8-14(9-7-13)22-20-21(26(34)35-25(20)33)27(30(22)15-10-11-18(28)19(29)12-15)23(31)16-4-2-3-5-17(16)24(27)32/h2-12,20-22H,1H3/t20-,21-,22-/m0/s1. The molecule has 1 aliphatic carbocycles. The van der Waals surface area contributed by atoms with E-state index in [0.717, 1.165) is 5.56 Å². The van der Waals surface area contributed by atoms with Crippen LogP contribution in [0.1, 0.15) is 37.9 Å². The van der Waals surface area contributed by atoms with E-state index < -0.39 is 46.9 Å². The molecule has 3 atom stereocenters. The average molecular weight is 506 g/mol. The zero-order chi connectivity index (χ0) is 24.6. The Morgan fingerprint density at radius 2 is 1.43 bits per heavy atom. The number of ketones is 2. The minimum atomic E-state index is -2.00. The van der Waals surface area contributed by atoms with Crippen molar-refractivity contribution >= 4 is 52.4 Å². The van der Waals surface area contributed by atoms with Crippen LogP contribution >= 0.6 is 23.2 Å². The fourth-order valence-electron chi connectivity index (χ4n) is 5.80. The number of aryl methyl sites for hydroxylation is 1. The Morgan fingerprint density at radius 1 is 0.800 bits per heavy atom. The van der Waals surface area contributed by atoms with Crippen LogP contribution in [0.4, 0.5) is 5.69 Å². The number of halogens is 2. The first-order chi connectivity index (χ1) is 16.8. The van der Waals surface area contributed by atoms with E-state index in [9.17, 15) is 19.2 Å². The second-order valence-electron chi connectivity index (χ2n) is 9.04. The molecule has 0 N–H and O–H groups in total. The number of cyclic esters (lactones) is 2. The second kappa shape index (κ2) is 7.51. The van der Waals surface area contributed by atoms with Gasteiger partial charge >= 0.3 is 11.9 Å². The lowest BCUT2D eigenvalue weighted by Gasteiger charge is -2.39. The van der Waals surface area contributed by atoms with Crippen LogP contribution in [0.25, 0.3) is 0 Å². The molecule has 3 aromatic carbocycles. The molecule has 0 amide bonds. The van der Waals surface area contributed by atoms with Crippen molar-refractivity contribution in [2.24, 2.45) is 11.8 Å². The molecular weight excluding hydrogens is 489 g/mol. The summed E-state index contributed by atoms with van der Waals surface area (Å²) in [6, 6.07) is 17.8. The Labute approximate surface area is 210 Å². The average Bonchev–Trinajstić information content (AvgIpc) is 3.40. The molecule has 1 spiro atoms. The maximum Gasteiger partial charge on any atom is 0.320 e. The quantitative estimate of drug-likeness (QED) is 0.360. The first-order valence-corrected chi connectivity index (χ1v) is 11.8. The minimum Gasteiger partial charge on any atom is -0.393 e. The van der Waals surface area contributed by atoms with Crippen molar-refractivity contribution in [3.63, 3.8) is 0 Å². The van der Waals surface area contributed by atoms with E-state index in [2.05, 4.69) is 0 Å². The van der Waals surface area contributed by atoms with Crippen molar-refractivity contribution in [3.05, 3.63) is 99.0 Å². The van der Waals surface area contributed by atoms with E-state index in [1.54, 1.807) is 47.4 Å². The van der Waals surface area contributed by atoms with Crippen LogP contribution in [-0.2, 0) is 14.3 Å². The van der Waals surface area contributed by atoms with Crippen molar-refractivity contribution in [2.45, 2.75) is 18.5 Å². The number of Topliss-reactive ketones (excluding diaryl/α,β-unsaturated/α-hetero) is 2. The second-order valence-corrected chi connectivity index (χ2v) is 9.85. The molecule has 0 saturated carbocycles. The molecule has 0 radical (unpaired) electrons. The number of hydrogen-bond donors (Lipinski definition) is 0. The smallest absolute Gasteiger partial charge is 0.320 e. The van der Waals surface area contributed by atoms with Crippen molar-refractivity contribution in [1.82, 2.24) is 0 Å². The van der Waals surface area contributed by atoms with Crippen LogP contribution < -0.4 is 4.90 Å². The lowest BCUT2D eigenvalue weighted by Crippen LogP contribution is -2.59. The first-order valence-electron chi connectivity index (χ1n) is 11.0. The Balaban J connectivity index is 1.69. The van der Waals surface area contributed by atoms with E-state index in [1.165, 1.54) is 0 Å². The number of esters is 2. The third-order valence-corrected chi connectivity index (χ3v) is 7.98. The predicted molar refractivity (Wildman–Crippen MR) is 129 cm³/mol. The van der Waals surface area contributed by atoms with Crippen molar-refractivity contribution in [3.8, 4) is 0 Å². The normalized spacial score (nSPS) is 24.2. The fraction of sp³-hybridized carbons (Fsp3) is 0.185. The molecule has 8 heteroatoms. The lowest BCUT2D eigenvalue weighted by atomic mass is 9.76. The summed E-state index contributed by atoms with van der Waals surface area (Å²) in [5, 5.41) is 0.502. The third kappa shape index (κ3) is 2.78. The number of carbonyl (C=O) groups is 4. The van der Waals surface area contributed by atoms with Crippen LogP contribution in [0, 0.1) is 18.8 Å². The maximum atomic E-state index is 14.2. The number of fused-ring (bicyclic) bond motifs is 3. The molecule has 2 saturated heterocycles. The molecule has 2 fully saturated rings. The summed E-state index contributed by atoms with van der Waals surface area (Å²) < 4.78 is 5.06. The number of ether oxygens (including phenoxy) is 1. The Morgan fingerprint density at radius 3 is 2.03 bits per heavy atom. The third-order valence-electron chi connectivity index (χ3n) is 7.24. The van der Waals surface area contributed by atoms with E-state index >= 15 is 0 Å². The largest absolute Gasteiger partial charge is 0.393 e. The highest BCUT2D eigenvalue weighted by molar-refractivity contribution is 6.42. The van der Waals surface area contributed by atoms with E-state index in [4.69, 9.17) is 27.9 Å². The number of hydrogen-bond acceptors (Lipinski definition) is 6. The zero-order valence-electron chi connectivity index (χ0n) is 18.3. The zero-order valence-corrected chi connectivity index (χ0v) is 19.8. The van der Waals surface area contributed by atoms with Crippen LogP contribution in [-0.4, -0.2) is 29.0 Å². The highest BCUT2D eigenvalue weighted by Gasteiger charge is 2.76. The molecule has 174 valence electrons. The Hall–Kier alpha value is -3.48. The summed E-state index contributed by atoms with van der Waals surface area (Å²) in [6.07, 6.45) is 0. The number of nitrogens with zero attached hydrogens (tertiary/aromatic N) is 1. The molecule has 0 unspecified atom stereocenters. The summed E-state index contributed by atoms with van der Waals surface area (Å²) in [5.74, 6) is -5.11. The van der Waals surface area contributed by atoms with Crippen molar-refractivity contribution in [2.75, 3.05) is 4.90 Å². The Kier molecular flexibility index (Phi) is 4.72. The molecule has 3 aliphatic rings. The molecule has 35 heavy (non-hydrogen) atoms. The van der Waals surface area contributed by atoms with Gasteiger partial charge in [-0.2, -0.15) is 0 Å². The van der Waals surface area contributed by atoms with Gasteiger partial charge in [-0.15, -0.1) is 0 Å². The highest BCUT2D eigenvalue weighted by Crippen LogP contribution is 2.60. The van der Waals surface area contributed by atoms with E-state index in [0.29, 0.717) is 16.3 Å². The number of rotatable bonds is 2. The lowest BCUT2D eigenvalue weighted by molar-refractivity contribution is -0.154. The van der Waals surface area contributed by atoms with Gasteiger partial charge in [-0.3, -0.25) is 19.2 Å². The molecule has 6 nitrogen and oxygen atoms in total. The van der Waals surface area contributed by atoms with Gasteiger partial charge in [-0.05, 0) is 30.7 Å². The molecule has 6 rings (SSSR count). The van der Waals surface area contributed by atoms with Crippen molar-refractivity contribution in [1.29, 1.82) is 0 Å². The Bertz CT molecular complexity index is 1430. The summed E-state index contributed by atoms with van der Waals surface area (Å²) in [6.45, 7) is 1.92. The van der Waals surface area contributed by atoms with Gasteiger partial charge in [0, 0.05) is 16.8 Å². The summed E-state index contributed by atoms with van der Waals surface area (Å²) in [4.78, 5) is 56.2. The monoisotopic (exact) mass is 505 g/mol. The molecule has 0 aromatic heterocycles. The molecule has 3 aromatic rings. The van der Waals surface area contributed by atoms with Crippen molar-refractivity contribution < 1.29 is 23.9 Å². The van der Waals surface area contributed by atoms with Gasteiger partial charge in [0.05, 0.1) is 22.0 Å². The van der Waals surface area contributed by atoms with Gasteiger partial charge in [-0.25, -0.2) is 0 Å².